The number of esters is 1. The molecule has 1 heterocycles. The summed E-state index contributed by atoms with van der Waals surface area (Å²) in [6.07, 6.45) is 3.38. The van der Waals surface area contributed by atoms with Gasteiger partial charge in [-0.3, -0.25) is 4.79 Å². The Hall–Kier alpha value is -3.59. The fourth-order valence-corrected chi connectivity index (χ4v) is 3.51. The lowest BCUT2D eigenvalue weighted by atomic mass is 10.1. The Kier molecular flexibility index (Phi) is 7.45. The summed E-state index contributed by atoms with van der Waals surface area (Å²) in [7, 11) is 3.87. The second-order valence-corrected chi connectivity index (χ2v) is 7.74. The van der Waals surface area contributed by atoms with Crippen molar-refractivity contribution < 1.29 is 14.3 Å². The van der Waals surface area contributed by atoms with E-state index in [1.807, 2.05) is 55.4 Å². The number of hydrogen-bond donors (Lipinski definition) is 0. The molecule has 0 spiro atoms. The number of carbonyl (C=O) groups excluding carboxylic acids is 2. The van der Waals surface area contributed by atoms with Gasteiger partial charge in [0.2, 0.25) is 6.10 Å². The molecular formula is C25H27N3O3. The number of benzene rings is 2. The molecule has 1 atom stereocenters. The Balaban J connectivity index is 1.82. The van der Waals surface area contributed by atoms with E-state index in [1.165, 1.54) is 6.08 Å². The lowest BCUT2D eigenvalue weighted by Crippen LogP contribution is -2.40. The Morgan fingerprint density at radius 3 is 2.26 bits per heavy atom. The van der Waals surface area contributed by atoms with Crippen molar-refractivity contribution in [3.8, 4) is 6.07 Å². The van der Waals surface area contributed by atoms with E-state index >= 15 is 0 Å². The van der Waals surface area contributed by atoms with Crippen LogP contribution < -0.4 is 4.90 Å². The molecule has 0 aromatic heterocycles. The highest BCUT2D eigenvalue weighted by molar-refractivity contribution is 5.99. The Bertz CT molecular complexity index is 969. The maximum Gasteiger partial charge on any atom is 0.350 e. The summed E-state index contributed by atoms with van der Waals surface area (Å²) in [5, 5.41) is 9.55. The molecule has 2 aromatic carbocycles. The molecule has 0 radical (unpaired) electrons. The first-order valence-corrected chi connectivity index (χ1v) is 10.4. The van der Waals surface area contributed by atoms with E-state index in [0.717, 1.165) is 24.9 Å². The quantitative estimate of drug-likeness (QED) is 0.404. The first-order chi connectivity index (χ1) is 15.0. The second-order valence-electron chi connectivity index (χ2n) is 7.74. The van der Waals surface area contributed by atoms with Gasteiger partial charge in [-0.25, -0.2) is 4.79 Å². The third-order valence-corrected chi connectivity index (χ3v) is 5.28. The zero-order valence-corrected chi connectivity index (χ0v) is 18.0. The van der Waals surface area contributed by atoms with Crippen molar-refractivity contribution in [1.82, 2.24) is 4.90 Å². The highest BCUT2D eigenvalue weighted by Gasteiger charge is 2.31. The molecule has 6 heteroatoms. The number of piperidine rings is 1. The van der Waals surface area contributed by atoms with E-state index in [9.17, 15) is 14.9 Å². The molecule has 1 fully saturated rings. The van der Waals surface area contributed by atoms with Crippen LogP contribution in [0.3, 0.4) is 0 Å². The summed E-state index contributed by atoms with van der Waals surface area (Å²) in [6.45, 7) is 1.30. The average Bonchev–Trinajstić information content (AvgIpc) is 2.81. The molecule has 6 nitrogen and oxygen atoms in total. The fourth-order valence-electron chi connectivity index (χ4n) is 3.51. The molecule has 2 aromatic rings. The van der Waals surface area contributed by atoms with Crippen molar-refractivity contribution >= 4 is 23.6 Å². The van der Waals surface area contributed by atoms with Crippen LogP contribution in [0.25, 0.3) is 6.08 Å². The normalized spacial score (nSPS) is 15.0. The van der Waals surface area contributed by atoms with Crippen molar-refractivity contribution in [3.63, 3.8) is 0 Å². The molecule has 0 unspecified atom stereocenters. The van der Waals surface area contributed by atoms with E-state index < -0.39 is 12.1 Å². The molecule has 0 saturated carbocycles. The van der Waals surface area contributed by atoms with Gasteiger partial charge in [0.15, 0.2) is 0 Å². The number of rotatable bonds is 6. The number of hydrogen-bond acceptors (Lipinski definition) is 5. The maximum absolute atomic E-state index is 13.1. The van der Waals surface area contributed by atoms with Crippen LogP contribution in [-0.2, 0) is 14.3 Å². The van der Waals surface area contributed by atoms with Gasteiger partial charge >= 0.3 is 5.97 Å². The van der Waals surface area contributed by atoms with Crippen LogP contribution in [-0.4, -0.2) is 44.0 Å². The van der Waals surface area contributed by atoms with Crippen LogP contribution in [0.4, 0.5) is 5.69 Å². The summed E-state index contributed by atoms with van der Waals surface area (Å²) >= 11 is 0. The largest absolute Gasteiger partial charge is 0.443 e. The van der Waals surface area contributed by atoms with Crippen molar-refractivity contribution in [2.75, 3.05) is 32.1 Å². The van der Waals surface area contributed by atoms with Crippen LogP contribution in [0.5, 0.6) is 0 Å². The number of anilines is 1. The SMILES string of the molecule is CN(C)c1ccc(/C=C(\C#N)C(=O)O[C@H](C(=O)N2CCCCC2)c2ccccc2)cc1. The van der Waals surface area contributed by atoms with Gasteiger partial charge in [-0.15, -0.1) is 0 Å². The average molecular weight is 418 g/mol. The number of nitriles is 1. The van der Waals surface area contributed by atoms with Crippen LogP contribution in [0, 0.1) is 11.3 Å². The van der Waals surface area contributed by atoms with Crippen LogP contribution in [0.2, 0.25) is 0 Å². The van der Waals surface area contributed by atoms with Crippen molar-refractivity contribution in [2.45, 2.75) is 25.4 Å². The molecule has 31 heavy (non-hydrogen) atoms. The van der Waals surface area contributed by atoms with E-state index in [1.54, 1.807) is 29.2 Å². The molecule has 0 N–H and O–H groups in total. The fraction of sp³-hybridized carbons (Fsp3) is 0.320. The number of nitrogens with zero attached hydrogens (tertiary/aromatic N) is 3. The Morgan fingerprint density at radius 1 is 1.03 bits per heavy atom. The smallest absolute Gasteiger partial charge is 0.350 e. The summed E-state index contributed by atoms with van der Waals surface area (Å²) in [6, 6.07) is 18.3. The monoisotopic (exact) mass is 417 g/mol. The molecule has 1 amide bonds. The van der Waals surface area contributed by atoms with Gasteiger partial charge in [0.05, 0.1) is 0 Å². The predicted octanol–water partition coefficient (Wildman–Crippen LogP) is 3.96. The van der Waals surface area contributed by atoms with Crippen molar-refractivity contribution in [2.24, 2.45) is 0 Å². The summed E-state index contributed by atoms with van der Waals surface area (Å²) in [4.78, 5) is 29.7. The van der Waals surface area contributed by atoms with Gasteiger partial charge < -0.3 is 14.5 Å². The predicted molar refractivity (Wildman–Crippen MR) is 120 cm³/mol. The first-order valence-electron chi connectivity index (χ1n) is 10.4. The molecule has 1 saturated heterocycles. The third kappa shape index (κ3) is 5.73. The minimum Gasteiger partial charge on any atom is -0.443 e. The zero-order chi connectivity index (χ0) is 22.2. The van der Waals surface area contributed by atoms with Gasteiger partial charge in [-0.05, 0) is 43.0 Å². The molecule has 0 aliphatic carbocycles. The molecule has 160 valence electrons. The number of ether oxygens (including phenoxy) is 1. The van der Waals surface area contributed by atoms with Crippen molar-refractivity contribution in [1.29, 1.82) is 5.26 Å². The summed E-state index contributed by atoms with van der Waals surface area (Å²) < 4.78 is 5.61. The highest BCUT2D eigenvalue weighted by atomic mass is 16.5. The maximum atomic E-state index is 13.1. The van der Waals surface area contributed by atoms with Crippen LogP contribution in [0.15, 0.2) is 60.2 Å². The number of carbonyl (C=O) groups is 2. The highest BCUT2D eigenvalue weighted by Crippen LogP contribution is 2.24. The third-order valence-electron chi connectivity index (χ3n) is 5.28. The molecule has 1 aliphatic heterocycles. The molecule has 1 aliphatic rings. The zero-order valence-electron chi connectivity index (χ0n) is 18.0. The van der Waals surface area contributed by atoms with Gasteiger partial charge in [0, 0.05) is 38.4 Å². The van der Waals surface area contributed by atoms with Crippen LogP contribution >= 0.6 is 0 Å². The van der Waals surface area contributed by atoms with Crippen molar-refractivity contribution in [3.05, 3.63) is 71.3 Å². The Labute approximate surface area is 183 Å². The second kappa shape index (κ2) is 10.4. The van der Waals surface area contributed by atoms with Gasteiger partial charge in [-0.1, -0.05) is 42.5 Å². The van der Waals surface area contributed by atoms with Gasteiger partial charge in [0.1, 0.15) is 11.6 Å². The first kappa shape index (κ1) is 22.1. The minimum atomic E-state index is -1.07. The summed E-state index contributed by atoms with van der Waals surface area (Å²) in [5.41, 5.74) is 2.16. The molecular weight excluding hydrogens is 390 g/mol. The van der Waals surface area contributed by atoms with E-state index in [4.69, 9.17) is 4.74 Å². The number of amides is 1. The number of likely N-dealkylation sites (tertiary alicyclic amines) is 1. The minimum absolute atomic E-state index is 0.148. The van der Waals surface area contributed by atoms with E-state index in [2.05, 4.69) is 0 Å². The molecule has 0 bridgehead atoms. The Morgan fingerprint density at radius 2 is 1.68 bits per heavy atom. The lowest BCUT2D eigenvalue weighted by Gasteiger charge is -2.30. The topological polar surface area (TPSA) is 73.6 Å². The summed E-state index contributed by atoms with van der Waals surface area (Å²) in [5.74, 6) is -1.05. The molecule has 3 rings (SSSR count). The van der Waals surface area contributed by atoms with E-state index in [0.29, 0.717) is 24.2 Å². The standard InChI is InChI=1S/C25H27N3O3/c1-27(2)22-13-11-19(12-14-22)17-21(18-26)25(30)31-23(20-9-5-3-6-10-20)24(29)28-15-7-4-8-16-28/h3,5-6,9-14,17,23H,4,7-8,15-16H2,1-2H3/b21-17+/t23-/m0/s1. The van der Waals surface area contributed by atoms with Crippen LogP contribution in [0.1, 0.15) is 36.5 Å². The van der Waals surface area contributed by atoms with Gasteiger partial charge in [0.25, 0.3) is 5.91 Å². The van der Waals surface area contributed by atoms with Gasteiger partial charge in [-0.2, -0.15) is 5.26 Å². The lowest BCUT2D eigenvalue weighted by molar-refractivity contribution is -0.158. The van der Waals surface area contributed by atoms with E-state index in [-0.39, 0.29) is 11.5 Å².